The number of hydrogen-bond donors (Lipinski definition) is 1. The zero-order valence-electron chi connectivity index (χ0n) is 12.3. The van der Waals surface area contributed by atoms with Crippen LogP contribution in [0.3, 0.4) is 0 Å². The van der Waals surface area contributed by atoms with Crippen molar-refractivity contribution in [2.24, 2.45) is 0 Å². The van der Waals surface area contributed by atoms with Crippen LogP contribution in [0.15, 0.2) is 24.3 Å². The maximum Gasteiger partial charge on any atom is 0.242 e. The largest absolute Gasteiger partial charge is 0.325 e. The molecule has 0 fully saturated rings. The fraction of sp³-hybridized carbons (Fsp3) is 0.533. The number of amides is 1. The molecule has 0 saturated heterocycles. The van der Waals surface area contributed by atoms with Gasteiger partial charge in [-0.05, 0) is 37.5 Å². The highest BCUT2D eigenvalue weighted by Crippen LogP contribution is 2.13. The molecule has 1 N–H and O–H groups in total. The normalized spacial score (nSPS) is 12.9. The lowest BCUT2D eigenvalue weighted by Crippen LogP contribution is -2.34. The topological polar surface area (TPSA) is 63.2 Å². The van der Waals surface area contributed by atoms with E-state index in [2.05, 4.69) is 12.2 Å². The Bertz CT molecular complexity index is 535. The Morgan fingerprint density at radius 2 is 1.80 bits per heavy atom. The van der Waals surface area contributed by atoms with E-state index in [1.54, 1.807) is 12.1 Å². The van der Waals surface area contributed by atoms with Crippen LogP contribution in [0.25, 0.3) is 0 Å². The molecule has 0 unspecified atom stereocenters. The average Bonchev–Trinajstić information content (AvgIpc) is 2.45. The maximum absolute atomic E-state index is 12.0. The highest BCUT2D eigenvalue weighted by Gasteiger charge is 2.27. The quantitative estimate of drug-likeness (QED) is 0.841. The number of carbonyl (C=O) groups excluding carboxylic acids is 1. The molecular weight excluding hydrogens is 274 g/mol. The first-order valence-electron chi connectivity index (χ1n) is 7.02. The monoisotopic (exact) mass is 297 g/mol. The number of anilines is 1. The minimum absolute atomic E-state index is 0.0624. The summed E-state index contributed by atoms with van der Waals surface area (Å²) in [6.07, 6.45) is 2.31. The number of sulfone groups is 1. The highest BCUT2D eigenvalue weighted by atomic mass is 32.2. The molecule has 0 aliphatic heterocycles. The number of carbonyl (C=O) groups is 1. The van der Waals surface area contributed by atoms with Crippen molar-refractivity contribution >= 4 is 21.4 Å². The van der Waals surface area contributed by atoms with Crippen molar-refractivity contribution in [2.75, 3.05) is 11.1 Å². The third-order valence-corrected chi connectivity index (χ3v) is 5.47. The summed E-state index contributed by atoms with van der Waals surface area (Å²) in [6.45, 7) is 5.42. The zero-order chi connectivity index (χ0) is 15.2. The molecule has 0 spiro atoms. The second kappa shape index (κ2) is 7.43. The number of nitrogens with one attached hydrogen (secondary N) is 1. The number of benzene rings is 1. The van der Waals surface area contributed by atoms with E-state index in [0.717, 1.165) is 12.8 Å². The lowest BCUT2D eigenvalue weighted by molar-refractivity contribution is -0.115. The number of aryl methyl sites for hydroxylation is 1. The van der Waals surface area contributed by atoms with Crippen molar-refractivity contribution in [3.05, 3.63) is 29.8 Å². The Labute approximate surface area is 121 Å². The minimum Gasteiger partial charge on any atom is -0.325 e. The van der Waals surface area contributed by atoms with Gasteiger partial charge in [0.15, 0.2) is 9.84 Å². The second-order valence-electron chi connectivity index (χ2n) is 4.90. The van der Waals surface area contributed by atoms with Gasteiger partial charge in [-0.15, -0.1) is 0 Å². The molecule has 0 aliphatic carbocycles. The molecule has 0 heterocycles. The van der Waals surface area contributed by atoms with Crippen molar-refractivity contribution in [3.8, 4) is 0 Å². The summed E-state index contributed by atoms with van der Waals surface area (Å²) in [4.78, 5) is 12.0. The molecule has 1 rings (SSSR count). The average molecular weight is 297 g/mol. The molecule has 0 aromatic heterocycles. The predicted molar refractivity (Wildman–Crippen MR) is 82.6 cm³/mol. The maximum atomic E-state index is 12.0. The van der Waals surface area contributed by atoms with E-state index >= 15 is 0 Å². The Balaban J connectivity index is 2.69. The van der Waals surface area contributed by atoms with Crippen LogP contribution in [0.5, 0.6) is 0 Å². The summed E-state index contributed by atoms with van der Waals surface area (Å²) in [6, 6.07) is 7.43. The minimum atomic E-state index is -3.37. The highest BCUT2D eigenvalue weighted by molar-refractivity contribution is 7.92. The van der Waals surface area contributed by atoms with Crippen LogP contribution in [0.2, 0.25) is 0 Å². The number of unbranched alkanes of at least 4 members (excludes halogenated alkanes) is 1. The summed E-state index contributed by atoms with van der Waals surface area (Å²) in [5, 5.41) is 1.64. The van der Waals surface area contributed by atoms with Crippen molar-refractivity contribution in [1.82, 2.24) is 0 Å². The van der Waals surface area contributed by atoms with Gasteiger partial charge in [0.2, 0.25) is 5.91 Å². The van der Waals surface area contributed by atoms with Crippen LogP contribution in [-0.2, 0) is 21.1 Å². The van der Waals surface area contributed by atoms with E-state index in [1.807, 2.05) is 19.1 Å². The zero-order valence-corrected chi connectivity index (χ0v) is 13.2. The Kier molecular flexibility index (Phi) is 6.20. The van der Waals surface area contributed by atoms with Gasteiger partial charge in [0.1, 0.15) is 5.25 Å². The van der Waals surface area contributed by atoms with Crippen LogP contribution in [-0.4, -0.2) is 25.3 Å². The molecule has 1 amide bonds. The fourth-order valence-electron chi connectivity index (χ4n) is 1.75. The van der Waals surface area contributed by atoms with Gasteiger partial charge in [0.25, 0.3) is 0 Å². The molecule has 4 nitrogen and oxygen atoms in total. The van der Waals surface area contributed by atoms with Crippen LogP contribution in [0.1, 0.15) is 39.2 Å². The third kappa shape index (κ3) is 4.63. The smallest absolute Gasteiger partial charge is 0.242 e. The molecule has 0 saturated carbocycles. The molecule has 112 valence electrons. The summed E-state index contributed by atoms with van der Waals surface area (Å²) in [7, 11) is -3.37. The molecule has 0 radical (unpaired) electrons. The van der Waals surface area contributed by atoms with E-state index in [4.69, 9.17) is 0 Å². The van der Waals surface area contributed by atoms with Crippen LogP contribution < -0.4 is 5.32 Å². The summed E-state index contributed by atoms with van der Waals surface area (Å²) in [5.74, 6) is -0.405. The van der Waals surface area contributed by atoms with Crippen LogP contribution in [0.4, 0.5) is 5.69 Å². The van der Waals surface area contributed by atoms with Gasteiger partial charge in [-0.1, -0.05) is 32.4 Å². The standard InChI is InChI=1S/C15H23NO3S/c1-4-6-11-20(18,19)12(3)15(17)16-14-9-7-13(5-2)8-10-14/h7-10,12H,4-6,11H2,1-3H3,(H,16,17)/t12-/m1/s1. The number of rotatable bonds is 7. The molecule has 0 bridgehead atoms. The van der Waals surface area contributed by atoms with Crippen molar-refractivity contribution in [1.29, 1.82) is 0 Å². The SMILES string of the molecule is CCCCS(=O)(=O)[C@H](C)C(=O)Nc1ccc(CC)cc1. The van der Waals surface area contributed by atoms with Gasteiger partial charge in [0, 0.05) is 5.69 Å². The molecular formula is C15H23NO3S. The van der Waals surface area contributed by atoms with Gasteiger partial charge in [0.05, 0.1) is 5.75 Å². The lowest BCUT2D eigenvalue weighted by Gasteiger charge is -2.13. The summed E-state index contributed by atoms with van der Waals surface area (Å²) in [5.41, 5.74) is 1.80. The number of hydrogen-bond acceptors (Lipinski definition) is 3. The van der Waals surface area contributed by atoms with Gasteiger partial charge in [-0.3, -0.25) is 4.79 Å². The Hall–Kier alpha value is -1.36. The van der Waals surface area contributed by atoms with Gasteiger partial charge < -0.3 is 5.32 Å². The van der Waals surface area contributed by atoms with Crippen LogP contribution in [0, 0.1) is 0 Å². The van der Waals surface area contributed by atoms with Gasteiger partial charge >= 0.3 is 0 Å². The van der Waals surface area contributed by atoms with Gasteiger partial charge in [-0.2, -0.15) is 0 Å². The first-order valence-corrected chi connectivity index (χ1v) is 8.73. The lowest BCUT2D eigenvalue weighted by atomic mass is 10.1. The molecule has 1 atom stereocenters. The molecule has 5 heteroatoms. The first kappa shape index (κ1) is 16.7. The Morgan fingerprint density at radius 1 is 1.20 bits per heavy atom. The molecule has 0 aliphatic rings. The van der Waals surface area contributed by atoms with E-state index < -0.39 is 21.0 Å². The molecule has 1 aromatic carbocycles. The van der Waals surface area contributed by atoms with E-state index in [-0.39, 0.29) is 5.75 Å². The molecule has 20 heavy (non-hydrogen) atoms. The fourth-order valence-corrected chi connectivity index (χ4v) is 3.18. The van der Waals surface area contributed by atoms with E-state index in [9.17, 15) is 13.2 Å². The van der Waals surface area contributed by atoms with E-state index in [0.29, 0.717) is 12.1 Å². The first-order chi connectivity index (χ1) is 9.40. The van der Waals surface area contributed by atoms with E-state index in [1.165, 1.54) is 12.5 Å². The second-order valence-corrected chi connectivity index (χ2v) is 7.34. The van der Waals surface area contributed by atoms with Crippen molar-refractivity contribution in [2.45, 2.75) is 45.3 Å². The van der Waals surface area contributed by atoms with Crippen molar-refractivity contribution in [3.63, 3.8) is 0 Å². The van der Waals surface area contributed by atoms with Gasteiger partial charge in [-0.25, -0.2) is 8.42 Å². The predicted octanol–water partition coefficient (Wildman–Crippen LogP) is 2.79. The molecule has 1 aromatic rings. The summed E-state index contributed by atoms with van der Waals surface area (Å²) < 4.78 is 23.9. The summed E-state index contributed by atoms with van der Waals surface area (Å²) >= 11 is 0. The van der Waals surface area contributed by atoms with Crippen LogP contribution >= 0.6 is 0 Å². The van der Waals surface area contributed by atoms with Crippen molar-refractivity contribution < 1.29 is 13.2 Å². The Morgan fingerprint density at radius 3 is 2.30 bits per heavy atom. The third-order valence-electron chi connectivity index (χ3n) is 3.32.